The predicted octanol–water partition coefficient (Wildman–Crippen LogP) is 2.05. The molecule has 0 aromatic carbocycles. The van der Waals surface area contributed by atoms with Gasteiger partial charge in [-0.05, 0) is 19.8 Å². The second-order valence-electron chi connectivity index (χ2n) is 2.52. The first-order valence-corrected chi connectivity index (χ1v) is 5.87. The van der Waals surface area contributed by atoms with Gasteiger partial charge in [0.05, 0.1) is 6.61 Å². The van der Waals surface area contributed by atoms with Crippen LogP contribution in [0.2, 0.25) is 0 Å². The molecule has 0 spiro atoms. The fourth-order valence-electron chi connectivity index (χ4n) is 0.744. The monoisotopic (exact) mass is 238 g/mol. The highest BCUT2D eigenvalue weighted by atomic mass is 31.2. The molecule has 3 N–H and O–H groups in total. The summed E-state index contributed by atoms with van der Waals surface area (Å²) in [6.07, 6.45) is 2.95. The van der Waals surface area contributed by atoms with Crippen LogP contribution in [-0.2, 0) is 9.32 Å². The molecule has 0 atom stereocenters. The lowest BCUT2D eigenvalue weighted by atomic mass is 10.1. The van der Waals surface area contributed by atoms with Crippen LogP contribution < -0.4 is 0 Å². The van der Waals surface area contributed by atoms with E-state index in [0.29, 0.717) is 6.61 Å². The van der Waals surface area contributed by atoms with E-state index in [1.54, 1.807) is 6.92 Å². The Morgan fingerprint density at radius 1 is 1.27 bits per heavy atom. The molecule has 0 bridgehead atoms. The average Bonchev–Trinajstić information content (AvgIpc) is 2.14. The minimum absolute atomic E-state index is 0.360. The third-order valence-electron chi connectivity index (χ3n) is 1.48. The van der Waals surface area contributed by atoms with Gasteiger partial charge in [0.2, 0.25) is 0 Å². The highest BCUT2D eigenvalue weighted by Gasteiger charge is 1.92. The van der Waals surface area contributed by atoms with Crippen LogP contribution in [0.1, 0.15) is 33.6 Å². The topological polar surface area (TPSA) is 87.0 Å². The minimum atomic E-state index is -2.10. The van der Waals surface area contributed by atoms with Crippen LogP contribution in [0.3, 0.4) is 0 Å². The summed E-state index contributed by atoms with van der Waals surface area (Å²) in [5.74, 6) is -0.839. The lowest BCUT2D eigenvalue weighted by molar-refractivity contribution is -0.131. The predicted molar refractivity (Wildman–Crippen MR) is 59.3 cm³/mol. The van der Waals surface area contributed by atoms with E-state index in [2.05, 4.69) is 4.52 Å². The molecule has 6 heteroatoms. The first kappa shape index (κ1) is 16.9. The standard InChI is InChI=1S/C7H12O2.C2H7O3P/c1-3-6(4-2)5-7(8)9;1-2-5-6(3)4/h5H,3-4H2,1-2H3,(H,8,9);3-4H,2H2,1H3. The van der Waals surface area contributed by atoms with Crippen molar-refractivity contribution in [3.05, 3.63) is 11.6 Å². The van der Waals surface area contributed by atoms with Crippen molar-refractivity contribution < 1.29 is 24.2 Å². The summed E-state index contributed by atoms with van der Waals surface area (Å²) >= 11 is 0. The Balaban J connectivity index is 0. The number of hydrogen-bond donors (Lipinski definition) is 3. The maximum Gasteiger partial charge on any atom is 0.328 e. The molecule has 90 valence electrons. The number of allylic oxidation sites excluding steroid dienone is 1. The van der Waals surface area contributed by atoms with E-state index in [1.165, 1.54) is 6.08 Å². The van der Waals surface area contributed by atoms with Crippen LogP contribution >= 0.6 is 8.60 Å². The third-order valence-corrected chi connectivity index (χ3v) is 1.97. The molecular formula is C9H19O5P. The summed E-state index contributed by atoms with van der Waals surface area (Å²) in [6, 6.07) is 0. The number of carboxylic acids is 1. The van der Waals surface area contributed by atoms with Gasteiger partial charge in [-0.25, -0.2) is 4.79 Å². The van der Waals surface area contributed by atoms with Gasteiger partial charge in [0, 0.05) is 6.08 Å². The van der Waals surface area contributed by atoms with E-state index in [-0.39, 0.29) is 0 Å². The molecule has 0 saturated heterocycles. The molecule has 0 rings (SSSR count). The molecule has 0 aliphatic heterocycles. The van der Waals surface area contributed by atoms with Crippen molar-refractivity contribution >= 4 is 14.6 Å². The van der Waals surface area contributed by atoms with Crippen LogP contribution in [0, 0.1) is 0 Å². The van der Waals surface area contributed by atoms with Crippen LogP contribution in [0.4, 0.5) is 0 Å². The molecule has 0 saturated carbocycles. The number of carboxylic acid groups (broad SMARTS) is 1. The summed E-state index contributed by atoms with van der Waals surface area (Å²) in [4.78, 5) is 26.0. The fourth-order valence-corrected chi connectivity index (χ4v) is 0.975. The minimum Gasteiger partial charge on any atom is -0.478 e. The zero-order valence-electron chi connectivity index (χ0n) is 9.30. The molecule has 0 fully saturated rings. The Labute approximate surface area is 91.4 Å². The first-order valence-electron chi connectivity index (χ1n) is 4.70. The van der Waals surface area contributed by atoms with Crippen molar-refractivity contribution in [2.75, 3.05) is 6.61 Å². The molecule has 0 aliphatic carbocycles. The van der Waals surface area contributed by atoms with Gasteiger partial charge in [0.15, 0.2) is 0 Å². The average molecular weight is 238 g/mol. The largest absolute Gasteiger partial charge is 0.478 e. The van der Waals surface area contributed by atoms with Gasteiger partial charge < -0.3 is 19.4 Å². The van der Waals surface area contributed by atoms with E-state index in [0.717, 1.165) is 18.4 Å². The Morgan fingerprint density at radius 2 is 1.73 bits per heavy atom. The second kappa shape index (κ2) is 11.6. The zero-order chi connectivity index (χ0) is 12.3. The van der Waals surface area contributed by atoms with Gasteiger partial charge in [-0.1, -0.05) is 19.4 Å². The van der Waals surface area contributed by atoms with Crippen molar-refractivity contribution in [2.24, 2.45) is 0 Å². The molecule has 5 nitrogen and oxygen atoms in total. The van der Waals surface area contributed by atoms with E-state index in [1.807, 2.05) is 13.8 Å². The zero-order valence-corrected chi connectivity index (χ0v) is 10.2. The molecular weight excluding hydrogens is 219 g/mol. The van der Waals surface area contributed by atoms with Crippen LogP contribution in [0.5, 0.6) is 0 Å². The summed E-state index contributed by atoms with van der Waals surface area (Å²) in [6.45, 7) is 5.97. The smallest absolute Gasteiger partial charge is 0.328 e. The number of carbonyl (C=O) groups is 1. The third kappa shape index (κ3) is 16.2. The van der Waals surface area contributed by atoms with Gasteiger partial charge in [-0.2, -0.15) is 0 Å². The van der Waals surface area contributed by atoms with Crippen molar-refractivity contribution in [1.29, 1.82) is 0 Å². The summed E-state index contributed by atoms with van der Waals surface area (Å²) < 4.78 is 4.22. The van der Waals surface area contributed by atoms with E-state index in [9.17, 15) is 4.79 Å². The fraction of sp³-hybridized carbons (Fsp3) is 0.667. The van der Waals surface area contributed by atoms with Crippen molar-refractivity contribution in [3.8, 4) is 0 Å². The Hall–Kier alpha value is -0.480. The summed E-state index contributed by atoms with van der Waals surface area (Å²) in [7, 11) is -2.10. The molecule has 0 aromatic rings. The van der Waals surface area contributed by atoms with Crippen molar-refractivity contribution in [2.45, 2.75) is 33.6 Å². The quantitative estimate of drug-likeness (QED) is 0.504. The maximum absolute atomic E-state index is 10.1. The van der Waals surface area contributed by atoms with Crippen LogP contribution in [-0.4, -0.2) is 27.5 Å². The Bertz CT molecular complexity index is 185. The van der Waals surface area contributed by atoms with Gasteiger partial charge in [-0.15, -0.1) is 0 Å². The second-order valence-corrected chi connectivity index (χ2v) is 3.28. The maximum atomic E-state index is 10.1. The molecule has 0 unspecified atom stereocenters. The normalized spacial score (nSPS) is 9.20. The van der Waals surface area contributed by atoms with Gasteiger partial charge >= 0.3 is 14.6 Å². The first-order chi connectivity index (χ1) is 6.97. The molecule has 0 aliphatic rings. The lowest BCUT2D eigenvalue weighted by Crippen LogP contribution is -1.90. The molecule has 0 heterocycles. The van der Waals surface area contributed by atoms with E-state index >= 15 is 0 Å². The molecule has 15 heavy (non-hydrogen) atoms. The van der Waals surface area contributed by atoms with Gasteiger partial charge in [0.25, 0.3) is 0 Å². The molecule has 0 radical (unpaired) electrons. The molecule has 0 amide bonds. The molecule has 0 aromatic heterocycles. The van der Waals surface area contributed by atoms with Crippen molar-refractivity contribution in [1.82, 2.24) is 0 Å². The SMILES string of the molecule is CCC(=CC(=O)O)CC.CCOP(O)O. The highest BCUT2D eigenvalue weighted by Crippen LogP contribution is 2.22. The van der Waals surface area contributed by atoms with Crippen LogP contribution in [0.15, 0.2) is 11.6 Å². The number of hydrogen-bond acceptors (Lipinski definition) is 4. The summed E-state index contributed by atoms with van der Waals surface area (Å²) in [5, 5.41) is 8.27. The van der Waals surface area contributed by atoms with Gasteiger partial charge in [0.1, 0.15) is 0 Å². The van der Waals surface area contributed by atoms with Crippen molar-refractivity contribution in [3.63, 3.8) is 0 Å². The van der Waals surface area contributed by atoms with Gasteiger partial charge in [-0.3, -0.25) is 0 Å². The van der Waals surface area contributed by atoms with E-state index < -0.39 is 14.6 Å². The summed E-state index contributed by atoms with van der Waals surface area (Å²) in [5.41, 5.74) is 0.988. The van der Waals surface area contributed by atoms with Crippen LogP contribution in [0.25, 0.3) is 0 Å². The Kier molecular flexibility index (Phi) is 13.1. The number of rotatable bonds is 5. The highest BCUT2D eigenvalue weighted by molar-refractivity contribution is 7.39. The number of aliphatic carboxylic acids is 1. The lowest BCUT2D eigenvalue weighted by Gasteiger charge is -1.95. The van der Waals surface area contributed by atoms with E-state index in [4.69, 9.17) is 14.9 Å². The Morgan fingerprint density at radius 3 is 1.80 bits per heavy atom.